The first-order valence-corrected chi connectivity index (χ1v) is 6.93. The number of aliphatic carboxylic acids is 1. The summed E-state index contributed by atoms with van der Waals surface area (Å²) in [5.41, 5.74) is -1.11. The molecule has 19 heavy (non-hydrogen) atoms. The molecule has 0 aliphatic carbocycles. The zero-order valence-electron chi connectivity index (χ0n) is 10.8. The lowest BCUT2D eigenvalue weighted by atomic mass is 9.93. The molecule has 0 saturated heterocycles. The molecule has 104 valence electrons. The molecule has 0 aromatic heterocycles. The summed E-state index contributed by atoms with van der Waals surface area (Å²) in [7, 11) is -4.06. The van der Waals surface area contributed by atoms with E-state index in [1.54, 1.807) is 17.7 Å². The van der Waals surface area contributed by atoms with Crippen molar-refractivity contribution in [2.75, 3.05) is 0 Å². The van der Waals surface area contributed by atoms with Crippen LogP contribution in [-0.2, 0) is 19.6 Å². The second-order valence-corrected chi connectivity index (χ2v) is 6.36. The van der Waals surface area contributed by atoms with Crippen molar-refractivity contribution in [2.24, 2.45) is 5.41 Å². The summed E-state index contributed by atoms with van der Waals surface area (Å²) < 4.78 is 25.7. The first-order valence-electron chi connectivity index (χ1n) is 5.44. The van der Waals surface area contributed by atoms with Gasteiger partial charge >= 0.3 is 5.97 Å². The number of sulfonamides is 1. The number of rotatable bonds is 4. The van der Waals surface area contributed by atoms with E-state index >= 15 is 0 Å². The largest absolute Gasteiger partial charge is 0.480 e. The molecule has 1 aromatic carbocycles. The van der Waals surface area contributed by atoms with Crippen LogP contribution in [0.25, 0.3) is 0 Å². The van der Waals surface area contributed by atoms with E-state index in [-0.39, 0.29) is 4.90 Å². The number of aryl methyl sites for hydroxylation is 1. The number of carbonyl (C=O) groups excluding carboxylic acids is 1. The number of carbonyl (C=O) groups is 2. The van der Waals surface area contributed by atoms with Crippen LogP contribution in [0, 0.1) is 12.3 Å². The fraction of sp³-hybridized carbons (Fsp3) is 0.333. The van der Waals surface area contributed by atoms with E-state index in [9.17, 15) is 18.0 Å². The molecular weight excluding hydrogens is 270 g/mol. The van der Waals surface area contributed by atoms with Gasteiger partial charge in [0, 0.05) is 0 Å². The molecule has 0 aliphatic rings. The summed E-state index contributed by atoms with van der Waals surface area (Å²) in [4.78, 5) is 22.5. The predicted octanol–water partition coefficient (Wildman–Crippen LogP) is 0.911. The molecule has 0 unspecified atom stereocenters. The monoisotopic (exact) mass is 285 g/mol. The number of benzene rings is 1. The number of carboxylic acid groups (broad SMARTS) is 1. The molecule has 6 nitrogen and oxygen atoms in total. The summed E-state index contributed by atoms with van der Waals surface area (Å²) in [5, 5.41) is 8.87. The highest BCUT2D eigenvalue weighted by Gasteiger charge is 2.38. The van der Waals surface area contributed by atoms with Gasteiger partial charge in [0.1, 0.15) is 5.41 Å². The Kier molecular flexibility index (Phi) is 4.00. The van der Waals surface area contributed by atoms with Crippen molar-refractivity contribution >= 4 is 21.9 Å². The van der Waals surface area contributed by atoms with Crippen molar-refractivity contribution in [1.29, 1.82) is 0 Å². The molecule has 7 heteroatoms. The Hall–Kier alpha value is -1.89. The van der Waals surface area contributed by atoms with Gasteiger partial charge in [-0.05, 0) is 38.5 Å². The highest BCUT2D eigenvalue weighted by atomic mass is 32.2. The van der Waals surface area contributed by atoms with Gasteiger partial charge in [-0.2, -0.15) is 0 Å². The molecule has 0 aliphatic heterocycles. The number of hydrogen-bond donors (Lipinski definition) is 2. The summed E-state index contributed by atoms with van der Waals surface area (Å²) in [6, 6.07) is 5.97. The van der Waals surface area contributed by atoms with Crippen LogP contribution >= 0.6 is 0 Å². The summed E-state index contributed by atoms with van der Waals surface area (Å²) in [5.74, 6) is -2.48. The molecule has 0 radical (unpaired) electrons. The Labute approximate surface area is 111 Å². The second kappa shape index (κ2) is 5.00. The minimum absolute atomic E-state index is 0.0814. The Morgan fingerprint density at radius 2 is 1.84 bits per heavy atom. The number of amides is 1. The molecule has 0 bridgehead atoms. The van der Waals surface area contributed by atoms with Crippen molar-refractivity contribution in [3.05, 3.63) is 29.8 Å². The van der Waals surface area contributed by atoms with E-state index in [0.717, 1.165) is 13.8 Å². The summed E-state index contributed by atoms with van der Waals surface area (Å²) in [6.07, 6.45) is 0. The van der Waals surface area contributed by atoms with Crippen molar-refractivity contribution in [3.8, 4) is 0 Å². The Bertz CT molecular complexity index is 619. The maximum atomic E-state index is 11.9. The molecular formula is C12H15NO5S. The van der Waals surface area contributed by atoms with Crippen LogP contribution in [0.15, 0.2) is 29.2 Å². The second-order valence-electron chi connectivity index (χ2n) is 4.68. The standard InChI is InChI=1S/C12H15NO5S/c1-8-5-4-6-9(7-8)19(17,18)13-10(14)12(2,3)11(15)16/h4-7H,1-3H3,(H,13,14)(H,15,16). The first kappa shape index (κ1) is 15.2. The average Bonchev–Trinajstić information content (AvgIpc) is 2.28. The van der Waals surface area contributed by atoms with Gasteiger partial charge in [-0.25, -0.2) is 13.1 Å². The van der Waals surface area contributed by atoms with Gasteiger partial charge in [-0.1, -0.05) is 12.1 Å². The maximum absolute atomic E-state index is 11.9. The fourth-order valence-corrected chi connectivity index (χ4v) is 2.40. The lowest BCUT2D eigenvalue weighted by Crippen LogP contribution is -2.44. The number of nitrogens with one attached hydrogen (secondary N) is 1. The van der Waals surface area contributed by atoms with E-state index in [2.05, 4.69) is 0 Å². The predicted molar refractivity (Wildman–Crippen MR) is 67.9 cm³/mol. The fourth-order valence-electron chi connectivity index (χ4n) is 1.19. The average molecular weight is 285 g/mol. The zero-order valence-corrected chi connectivity index (χ0v) is 11.6. The van der Waals surface area contributed by atoms with Crippen molar-refractivity contribution in [3.63, 3.8) is 0 Å². The lowest BCUT2D eigenvalue weighted by Gasteiger charge is -2.18. The van der Waals surface area contributed by atoms with Crippen molar-refractivity contribution in [1.82, 2.24) is 4.72 Å². The molecule has 1 rings (SSSR count). The lowest BCUT2D eigenvalue weighted by molar-refractivity contribution is -0.152. The summed E-state index contributed by atoms with van der Waals surface area (Å²) >= 11 is 0. The maximum Gasteiger partial charge on any atom is 0.318 e. The van der Waals surface area contributed by atoms with Crippen LogP contribution in [-0.4, -0.2) is 25.4 Å². The van der Waals surface area contributed by atoms with Gasteiger partial charge in [0.15, 0.2) is 0 Å². The molecule has 0 atom stereocenters. The molecule has 1 amide bonds. The quantitative estimate of drug-likeness (QED) is 0.801. The van der Waals surface area contributed by atoms with E-state index in [0.29, 0.717) is 5.56 Å². The Morgan fingerprint density at radius 1 is 1.26 bits per heavy atom. The number of hydrogen-bond acceptors (Lipinski definition) is 4. The number of carboxylic acids is 1. The molecule has 0 spiro atoms. The van der Waals surface area contributed by atoms with E-state index in [1.807, 2.05) is 0 Å². The van der Waals surface area contributed by atoms with Gasteiger partial charge in [0.25, 0.3) is 15.9 Å². The third-order valence-corrected chi connectivity index (χ3v) is 3.96. The highest BCUT2D eigenvalue weighted by Crippen LogP contribution is 2.18. The minimum Gasteiger partial charge on any atom is -0.480 e. The van der Waals surface area contributed by atoms with Gasteiger partial charge in [-0.15, -0.1) is 0 Å². The van der Waals surface area contributed by atoms with E-state index in [1.165, 1.54) is 18.2 Å². The van der Waals surface area contributed by atoms with Crippen LogP contribution in [0.5, 0.6) is 0 Å². The Balaban J connectivity index is 3.05. The van der Waals surface area contributed by atoms with Crippen molar-refractivity contribution < 1.29 is 23.1 Å². The van der Waals surface area contributed by atoms with E-state index < -0.39 is 27.3 Å². The highest BCUT2D eigenvalue weighted by molar-refractivity contribution is 7.90. The molecule has 0 fully saturated rings. The van der Waals surface area contributed by atoms with Gasteiger partial charge in [0.05, 0.1) is 4.90 Å². The van der Waals surface area contributed by atoms with Gasteiger partial charge < -0.3 is 5.11 Å². The molecule has 0 heterocycles. The minimum atomic E-state index is -4.06. The molecule has 1 aromatic rings. The SMILES string of the molecule is Cc1cccc(S(=O)(=O)NC(=O)C(C)(C)C(=O)O)c1. The van der Waals surface area contributed by atoms with Crippen LogP contribution in [0.4, 0.5) is 0 Å². The smallest absolute Gasteiger partial charge is 0.318 e. The zero-order chi connectivity index (χ0) is 14.8. The third-order valence-electron chi connectivity index (χ3n) is 2.63. The molecule has 0 saturated carbocycles. The van der Waals surface area contributed by atoms with Gasteiger partial charge in [-0.3, -0.25) is 9.59 Å². The normalized spacial score (nSPS) is 11.9. The molecule has 2 N–H and O–H groups in total. The van der Waals surface area contributed by atoms with E-state index in [4.69, 9.17) is 5.11 Å². The van der Waals surface area contributed by atoms with Gasteiger partial charge in [0.2, 0.25) is 0 Å². The van der Waals surface area contributed by atoms with Crippen LogP contribution in [0.1, 0.15) is 19.4 Å². The summed E-state index contributed by atoms with van der Waals surface area (Å²) in [6.45, 7) is 3.98. The van der Waals surface area contributed by atoms with Crippen LogP contribution in [0.3, 0.4) is 0 Å². The van der Waals surface area contributed by atoms with Crippen LogP contribution < -0.4 is 4.72 Å². The first-order chi connectivity index (χ1) is 8.57. The third kappa shape index (κ3) is 3.31. The topological polar surface area (TPSA) is 101 Å². The Morgan fingerprint density at radius 3 is 2.32 bits per heavy atom. The van der Waals surface area contributed by atoms with Crippen molar-refractivity contribution in [2.45, 2.75) is 25.7 Å². The van der Waals surface area contributed by atoms with Crippen LogP contribution in [0.2, 0.25) is 0 Å².